The van der Waals surface area contributed by atoms with Gasteiger partial charge in [-0.1, -0.05) is 45.4 Å². The van der Waals surface area contributed by atoms with Crippen molar-refractivity contribution in [3.8, 4) is 10.9 Å². The molecular formula is C11H12BrN3OS. The van der Waals surface area contributed by atoms with Crippen molar-refractivity contribution >= 4 is 27.3 Å². The van der Waals surface area contributed by atoms with Crippen LogP contribution in [0.25, 0.3) is 0 Å². The summed E-state index contributed by atoms with van der Waals surface area (Å²) in [5, 5.41) is 12.7. The number of rotatable bonds is 5. The largest absolute Gasteiger partial charge is 0.430 e. The fourth-order valence-corrected chi connectivity index (χ4v) is 2.27. The average molecular weight is 314 g/mol. The molecule has 4 nitrogen and oxygen atoms in total. The van der Waals surface area contributed by atoms with E-state index < -0.39 is 0 Å². The van der Waals surface area contributed by atoms with Crippen LogP contribution in [0.3, 0.4) is 0 Å². The maximum absolute atomic E-state index is 5.61. The highest BCUT2D eigenvalue weighted by atomic mass is 79.9. The molecule has 6 heteroatoms. The van der Waals surface area contributed by atoms with Crippen LogP contribution in [0.4, 0.5) is 0 Å². The molecule has 1 N–H and O–H groups in total. The molecule has 0 spiro atoms. The monoisotopic (exact) mass is 313 g/mol. The van der Waals surface area contributed by atoms with E-state index in [1.807, 2.05) is 24.3 Å². The number of nitrogens with zero attached hydrogens (tertiary/aromatic N) is 2. The molecule has 0 saturated carbocycles. The summed E-state index contributed by atoms with van der Waals surface area (Å²) in [5.41, 5.74) is 0. The Labute approximate surface area is 112 Å². The molecule has 2 rings (SSSR count). The lowest BCUT2D eigenvalue weighted by atomic mass is 10.3. The molecule has 90 valence electrons. The molecule has 0 saturated heterocycles. The molecule has 0 atom stereocenters. The second-order valence-corrected chi connectivity index (χ2v) is 5.24. The van der Waals surface area contributed by atoms with Gasteiger partial charge in [-0.3, -0.25) is 0 Å². The van der Waals surface area contributed by atoms with Crippen LogP contribution in [0.1, 0.15) is 11.9 Å². The Balaban J connectivity index is 2.01. The summed E-state index contributed by atoms with van der Waals surface area (Å²) in [7, 11) is 0. The van der Waals surface area contributed by atoms with Crippen molar-refractivity contribution in [1.82, 2.24) is 15.5 Å². The molecule has 1 aromatic heterocycles. The maximum atomic E-state index is 5.61. The summed E-state index contributed by atoms with van der Waals surface area (Å²) in [6.07, 6.45) is 0. The van der Waals surface area contributed by atoms with E-state index in [0.29, 0.717) is 5.19 Å². The minimum Gasteiger partial charge on any atom is -0.430 e. The Hall–Kier alpha value is -0.980. The van der Waals surface area contributed by atoms with Gasteiger partial charge in [0.1, 0.15) is 10.8 Å². The first kappa shape index (κ1) is 12.5. The van der Waals surface area contributed by atoms with Crippen molar-refractivity contribution in [2.24, 2.45) is 0 Å². The van der Waals surface area contributed by atoms with E-state index in [4.69, 9.17) is 4.74 Å². The summed E-state index contributed by atoms with van der Waals surface area (Å²) in [4.78, 5) is 0. The molecule has 1 aromatic carbocycles. The molecule has 17 heavy (non-hydrogen) atoms. The van der Waals surface area contributed by atoms with Crippen LogP contribution in [0.15, 0.2) is 28.7 Å². The van der Waals surface area contributed by atoms with Gasteiger partial charge in [-0.2, -0.15) is 0 Å². The van der Waals surface area contributed by atoms with Crippen LogP contribution in [0.5, 0.6) is 10.9 Å². The van der Waals surface area contributed by atoms with E-state index in [1.54, 1.807) is 0 Å². The van der Waals surface area contributed by atoms with Gasteiger partial charge in [-0.25, -0.2) is 0 Å². The Bertz CT molecular complexity index is 489. The van der Waals surface area contributed by atoms with Gasteiger partial charge in [-0.05, 0) is 24.7 Å². The van der Waals surface area contributed by atoms with Crippen molar-refractivity contribution in [2.45, 2.75) is 13.5 Å². The van der Waals surface area contributed by atoms with Crippen LogP contribution in [0, 0.1) is 0 Å². The molecule has 0 unspecified atom stereocenters. The first-order valence-electron chi connectivity index (χ1n) is 5.24. The van der Waals surface area contributed by atoms with Crippen molar-refractivity contribution < 1.29 is 4.74 Å². The van der Waals surface area contributed by atoms with Gasteiger partial charge in [0.05, 0.1) is 0 Å². The van der Waals surface area contributed by atoms with E-state index in [1.165, 1.54) is 11.3 Å². The summed E-state index contributed by atoms with van der Waals surface area (Å²) < 4.78 is 6.59. The summed E-state index contributed by atoms with van der Waals surface area (Å²) in [6, 6.07) is 7.64. The highest BCUT2D eigenvalue weighted by molar-refractivity contribution is 9.10. The quantitative estimate of drug-likeness (QED) is 0.920. The van der Waals surface area contributed by atoms with Gasteiger partial charge in [0, 0.05) is 11.0 Å². The first-order chi connectivity index (χ1) is 8.28. The molecule has 2 aromatic rings. The molecule has 0 radical (unpaired) electrons. The highest BCUT2D eigenvalue weighted by Crippen LogP contribution is 2.26. The van der Waals surface area contributed by atoms with E-state index in [0.717, 1.165) is 28.3 Å². The normalized spacial score (nSPS) is 10.5. The van der Waals surface area contributed by atoms with Crippen molar-refractivity contribution in [1.29, 1.82) is 0 Å². The third kappa shape index (κ3) is 3.76. The lowest BCUT2D eigenvalue weighted by Crippen LogP contribution is -2.11. The van der Waals surface area contributed by atoms with Gasteiger partial charge in [0.15, 0.2) is 0 Å². The Morgan fingerprint density at radius 1 is 1.41 bits per heavy atom. The van der Waals surface area contributed by atoms with Crippen LogP contribution in [0.2, 0.25) is 0 Å². The van der Waals surface area contributed by atoms with Crippen molar-refractivity contribution in [3.63, 3.8) is 0 Å². The zero-order valence-electron chi connectivity index (χ0n) is 9.31. The lowest BCUT2D eigenvalue weighted by molar-refractivity contribution is 0.472. The van der Waals surface area contributed by atoms with E-state index in [2.05, 4.69) is 38.4 Å². The van der Waals surface area contributed by atoms with E-state index in [9.17, 15) is 0 Å². The molecular weight excluding hydrogens is 302 g/mol. The standard InChI is InChI=1S/C11H12BrN3OS/c1-2-13-7-10-14-15-11(17-10)16-9-5-3-4-8(12)6-9/h3-6,13H,2,7H2,1H3. The molecule has 0 amide bonds. The highest BCUT2D eigenvalue weighted by Gasteiger charge is 2.05. The fraction of sp³-hybridized carbons (Fsp3) is 0.273. The zero-order valence-corrected chi connectivity index (χ0v) is 11.7. The molecule has 0 fully saturated rings. The number of nitrogens with one attached hydrogen (secondary N) is 1. The van der Waals surface area contributed by atoms with Crippen molar-refractivity contribution in [2.75, 3.05) is 6.54 Å². The summed E-state index contributed by atoms with van der Waals surface area (Å²) in [5.74, 6) is 0.755. The molecule has 0 bridgehead atoms. The minimum absolute atomic E-state index is 0.566. The summed E-state index contributed by atoms with van der Waals surface area (Å²) in [6.45, 7) is 3.71. The second-order valence-electron chi connectivity index (χ2n) is 3.30. The number of aromatic nitrogens is 2. The van der Waals surface area contributed by atoms with Crippen molar-refractivity contribution in [3.05, 3.63) is 33.7 Å². The zero-order chi connectivity index (χ0) is 12.1. The summed E-state index contributed by atoms with van der Waals surface area (Å²) >= 11 is 4.84. The lowest BCUT2D eigenvalue weighted by Gasteiger charge is -2.00. The van der Waals surface area contributed by atoms with E-state index in [-0.39, 0.29) is 0 Å². The molecule has 0 aliphatic heterocycles. The van der Waals surface area contributed by atoms with Gasteiger partial charge >= 0.3 is 0 Å². The molecule has 0 aliphatic carbocycles. The van der Waals surface area contributed by atoms with Gasteiger partial charge in [0.2, 0.25) is 0 Å². The second kappa shape index (κ2) is 6.09. The van der Waals surface area contributed by atoms with Crippen LogP contribution >= 0.6 is 27.3 Å². The third-order valence-electron chi connectivity index (χ3n) is 1.98. The van der Waals surface area contributed by atoms with Crippen LogP contribution in [-0.2, 0) is 6.54 Å². The fourth-order valence-electron chi connectivity index (χ4n) is 1.21. The third-order valence-corrected chi connectivity index (χ3v) is 3.27. The number of halogens is 1. The van der Waals surface area contributed by atoms with Crippen LogP contribution in [-0.4, -0.2) is 16.7 Å². The Morgan fingerprint density at radius 3 is 3.06 bits per heavy atom. The van der Waals surface area contributed by atoms with Gasteiger partial charge < -0.3 is 10.1 Å². The molecule has 0 aliphatic rings. The Morgan fingerprint density at radius 2 is 2.29 bits per heavy atom. The number of ether oxygens (including phenoxy) is 1. The number of hydrogen-bond donors (Lipinski definition) is 1. The number of hydrogen-bond acceptors (Lipinski definition) is 5. The molecule has 1 heterocycles. The number of benzene rings is 1. The van der Waals surface area contributed by atoms with Crippen LogP contribution < -0.4 is 10.1 Å². The SMILES string of the molecule is CCNCc1nnc(Oc2cccc(Br)c2)s1. The van der Waals surface area contributed by atoms with Gasteiger partial charge in [0.25, 0.3) is 5.19 Å². The maximum Gasteiger partial charge on any atom is 0.299 e. The predicted octanol–water partition coefficient (Wildman–Crippen LogP) is 3.20. The topological polar surface area (TPSA) is 47.0 Å². The Kier molecular flexibility index (Phi) is 4.47. The first-order valence-corrected chi connectivity index (χ1v) is 6.85. The van der Waals surface area contributed by atoms with E-state index >= 15 is 0 Å². The van der Waals surface area contributed by atoms with Gasteiger partial charge in [-0.15, -0.1) is 5.10 Å². The predicted molar refractivity (Wildman–Crippen MR) is 71.5 cm³/mol. The smallest absolute Gasteiger partial charge is 0.299 e. The minimum atomic E-state index is 0.566. The average Bonchev–Trinajstić information content (AvgIpc) is 2.74.